The number of nitrogens with one attached hydrogen (secondary N) is 1. The molecule has 0 radical (unpaired) electrons. The summed E-state index contributed by atoms with van der Waals surface area (Å²) >= 11 is 1.15. The lowest BCUT2D eigenvalue weighted by Gasteiger charge is -2.13. The van der Waals surface area contributed by atoms with Gasteiger partial charge < -0.3 is 36.6 Å². The van der Waals surface area contributed by atoms with Crippen LogP contribution in [0.15, 0.2) is 16.5 Å². The fourth-order valence-electron chi connectivity index (χ4n) is 3.04. The van der Waals surface area contributed by atoms with Crippen molar-refractivity contribution in [2.45, 2.75) is 13.3 Å². The number of pyridine rings is 1. The summed E-state index contributed by atoms with van der Waals surface area (Å²) in [5.41, 5.74) is 19.4. The summed E-state index contributed by atoms with van der Waals surface area (Å²) in [7, 11) is 4.02. The van der Waals surface area contributed by atoms with E-state index in [0.717, 1.165) is 30.1 Å². The van der Waals surface area contributed by atoms with Crippen molar-refractivity contribution in [2.24, 2.45) is 5.73 Å². The average Bonchev–Trinajstić information content (AvgIpc) is 3.25. The Morgan fingerprint density at radius 2 is 2.03 bits per heavy atom. The number of hydrogen-bond donors (Lipinski definition) is 4. The van der Waals surface area contributed by atoms with Crippen molar-refractivity contribution in [2.75, 3.05) is 57.2 Å². The molecule has 0 bridgehead atoms. The van der Waals surface area contributed by atoms with Crippen molar-refractivity contribution in [1.29, 1.82) is 0 Å². The predicted octanol–water partition coefficient (Wildman–Crippen LogP) is 2.51. The molecule has 10 heteroatoms. The summed E-state index contributed by atoms with van der Waals surface area (Å²) in [6.07, 6.45) is 0.793. The minimum Gasteiger partial charge on any atom is -0.461 e. The summed E-state index contributed by atoms with van der Waals surface area (Å²) in [4.78, 5) is 19.3. The van der Waals surface area contributed by atoms with Crippen LogP contribution in [-0.4, -0.2) is 56.2 Å². The molecule has 0 unspecified atom stereocenters. The van der Waals surface area contributed by atoms with Gasteiger partial charge in [-0.3, -0.25) is 4.79 Å². The molecule has 3 rings (SSSR count). The van der Waals surface area contributed by atoms with Gasteiger partial charge in [-0.1, -0.05) is 0 Å². The van der Waals surface area contributed by atoms with Crippen LogP contribution in [0.4, 0.5) is 17.2 Å². The largest absolute Gasteiger partial charge is 0.461 e. The van der Waals surface area contributed by atoms with Crippen LogP contribution >= 0.6 is 11.3 Å². The number of furan rings is 1. The number of ether oxygens (including phenoxy) is 1. The van der Waals surface area contributed by atoms with Gasteiger partial charge in [0.1, 0.15) is 21.2 Å². The first-order valence-corrected chi connectivity index (χ1v) is 10.5. The molecule has 30 heavy (non-hydrogen) atoms. The van der Waals surface area contributed by atoms with Crippen LogP contribution in [0.3, 0.4) is 0 Å². The molecule has 0 saturated carbocycles. The Morgan fingerprint density at radius 1 is 1.27 bits per heavy atom. The second-order valence-electron chi connectivity index (χ2n) is 7.24. The molecule has 0 aromatic carbocycles. The summed E-state index contributed by atoms with van der Waals surface area (Å²) in [5, 5.41) is 3.84. The molecular weight excluding hydrogens is 404 g/mol. The van der Waals surface area contributed by atoms with Crippen LogP contribution < -0.4 is 22.5 Å². The Kier molecular flexibility index (Phi) is 6.80. The lowest BCUT2D eigenvalue weighted by atomic mass is 10.1. The standard InChI is InChI=1S/C20H28N6O3S/c1-11-5-6-12(29-11)13-14-15(21)17(18(23)27)30-20(14)25-19(16(13)22)24-7-4-9-28-10-8-26(2)3/h5-6H,4,7-10,21-22H2,1-3H3,(H2,23,27)(H,24,25). The van der Waals surface area contributed by atoms with Crippen LogP contribution in [0, 0.1) is 6.92 Å². The Hall–Kier alpha value is -2.82. The lowest BCUT2D eigenvalue weighted by molar-refractivity contribution is 0.100. The van der Waals surface area contributed by atoms with E-state index in [9.17, 15) is 4.79 Å². The average molecular weight is 433 g/mol. The van der Waals surface area contributed by atoms with Crippen molar-refractivity contribution >= 4 is 44.7 Å². The van der Waals surface area contributed by atoms with E-state index in [1.54, 1.807) is 0 Å². The van der Waals surface area contributed by atoms with Crippen LogP contribution in [0.1, 0.15) is 21.9 Å². The highest BCUT2D eigenvalue weighted by Gasteiger charge is 2.24. The zero-order valence-corrected chi connectivity index (χ0v) is 18.3. The summed E-state index contributed by atoms with van der Waals surface area (Å²) in [6.45, 7) is 4.67. The van der Waals surface area contributed by atoms with E-state index >= 15 is 0 Å². The molecule has 0 aliphatic carbocycles. The fourth-order valence-corrected chi connectivity index (χ4v) is 4.00. The van der Waals surface area contributed by atoms with Gasteiger partial charge in [-0.05, 0) is 39.6 Å². The third-order valence-electron chi connectivity index (χ3n) is 4.57. The van der Waals surface area contributed by atoms with Crippen molar-refractivity contribution < 1.29 is 13.9 Å². The Labute approximate surface area is 179 Å². The number of carbonyl (C=O) groups excluding carboxylic acids is 1. The van der Waals surface area contributed by atoms with E-state index in [-0.39, 0.29) is 10.6 Å². The van der Waals surface area contributed by atoms with E-state index in [0.29, 0.717) is 52.8 Å². The number of nitrogen functional groups attached to an aromatic ring is 2. The predicted molar refractivity (Wildman–Crippen MR) is 122 cm³/mol. The number of likely N-dealkylation sites (N-methyl/N-ethyl adjacent to an activating group) is 1. The molecule has 0 aliphatic heterocycles. The van der Waals surface area contributed by atoms with Gasteiger partial charge in [0.25, 0.3) is 5.91 Å². The molecule has 0 atom stereocenters. The van der Waals surface area contributed by atoms with Crippen molar-refractivity contribution in [3.63, 3.8) is 0 Å². The van der Waals surface area contributed by atoms with Gasteiger partial charge in [0.2, 0.25) is 0 Å². The molecule has 162 valence electrons. The van der Waals surface area contributed by atoms with Crippen LogP contribution in [0.2, 0.25) is 0 Å². The lowest BCUT2D eigenvalue weighted by Crippen LogP contribution is -2.18. The summed E-state index contributed by atoms with van der Waals surface area (Å²) in [6, 6.07) is 3.67. The van der Waals surface area contributed by atoms with Crippen LogP contribution in [0.25, 0.3) is 21.5 Å². The van der Waals surface area contributed by atoms with Crippen molar-refractivity contribution in [3.8, 4) is 11.3 Å². The summed E-state index contributed by atoms with van der Waals surface area (Å²) in [5.74, 6) is 1.22. The Bertz CT molecular complexity index is 1040. The van der Waals surface area contributed by atoms with Gasteiger partial charge >= 0.3 is 0 Å². The number of fused-ring (bicyclic) bond motifs is 1. The van der Waals surface area contributed by atoms with Crippen LogP contribution in [0.5, 0.6) is 0 Å². The molecule has 9 nitrogen and oxygen atoms in total. The van der Waals surface area contributed by atoms with Gasteiger partial charge in [0.15, 0.2) is 5.82 Å². The molecule has 1 amide bonds. The first-order valence-electron chi connectivity index (χ1n) is 9.64. The number of hydrogen-bond acceptors (Lipinski definition) is 9. The van der Waals surface area contributed by atoms with Gasteiger partial charge in [-0.25, -0.2) is 4.98 Å². The highest BCUT2D eigenvalue weighted by molar-refractivity contribution is 7.21. The number of anilines is 3. The van der Waals surface area contributed by atoms with Gasteiger partial charge in [0.05, 0.1) is 23.5 Å². The van der Waals surface area contributed by atoms with E-state index < -0.39 is 5.91 Å². The van der Waals surface area contributed by atoms with E-state index in [1.165, 1.54) is 0 Å². The van der Waals surface area contributed by atoms with Gasteiger partial charge in [-0.15, -0.1) is 11.3 Å². The maximum absolute atomic E-state index is 11.8. The smallest absolute Gasteiger partial charge is 0.260 e. The number of aryl methyl sites for hydroxylation is 1. The number of rotatable bonds is 10. The Balaban J connectivity index is 1.87. The number of amides is 1. The molecular formula is C20H28N6O3S. The quantitative estimate of drug-likeness (QED) is 0.358. The van der Waals surface area contributed by atoms with Crippen LogP contribution in [-0.2, 0) is 4.74 Å². The fraction of sp³-hybridized carbons (Fsp3) is 0.400. The number of nitrogens with two attached hydrogens (primary N) is 3. The SMILES string of the molecule is Cc1ccc(-c2c(N)c(NCCCOCCN(C)C)nc3sc(C(N)=O)c(N)c23)o1. The number of nitrogens with zero attached hydrogens (tertiary/aromatic N) is 2. The molecule has 7 N–H and O–H groups in total. The number of aromatic nitrogens is 1. The monoisotopic (exact) mass is 432 g/mol. The zero-order chi connectivity index (χ0) is 21.8. The maximum atomic E-state index is 11.8. The van der Waals surface area contributed by atoms with E-state index in [4.69, 9.17) is 26.4 Å². The normalized spacial score (nSPS) is 11.5. The first kappa shape index (κ1) is 21.9. The van der Waals surface area contributed by atoms with Gasteiger partial charge in [-0.2, -0.15) is 0 Å². The summed E-state index contributed by atoms with van der Waals surface area (Å²) < 4.78 is 11.4. The number of primary amides is 1. The molecule has 3 aromatic rings. The highest BCUT2D eigenvalue weighted by Crippen LogP contribution is 2.44. The molecule has 0 fully saturated rings. The van der Waals surface area contributed by atoms with E-state index in [1.807, 2.05) is 33.2 Å². The molecule has 0 saturated heterocycles. The Morgan fingerprint density at radius 3 is 2.67 bits per heavy atom. The second-order valence-corrected chi connectivity index (χ2v) is 8.24. The molecule has 3 aromatic heterocycles. The van der Waals surface area contributed by atoms with Crippen molar-refractivity contribution in [1.82, 2.24) is 9.88 Å². The molecule has 3 heterocycles. The zero-order valence-electron chi connectivity index (χ0n) is 17.4. The maximum Gasteiger partial charge on any atom is 0.260 e. The minimum absolute atomic E-state index is 0.257. The first-order chi connectivity index (χ1) is 14.3. The topological polar surface area (TPSA) is 146 Å². The van der Waals surface area contributed by atoms with E-state index in [2.05, 4.69) is 15.2 Å². The highest BCUT2D eigenvalue weighted by atomic mass is 32.1. The molecule has 0 aliphatic rings. The third-order valence-corrected chi connectivity index (χ3v) is 5.68. The third kappa shape index (κ3) is 4.66. The van der Waals surface area contributed by atoms with Gasteiger partial charge in [0, 0.05) is 25.1 Å². The number of carbonyl (C=O) groups is 1. The minimum atomic E-state index is -0.597. The number of thiophene rings is 1. The molecule has 0 spiro atoms. The second kappa shape index (κ2) is 9.33. The van der Waals surface area contributed by atoms with Crippen molar-refractivity contribution in [3.05, 3.63) is 22.8 Å².